The zero-order chi connectivity index (χ0) is 20.3. The largest absolute Gasteiger partial charge is 0.494 e. The maximum absolute atomic E-state index is 12.2. The van der Waals surface area contributed by atoms with E-state index in [1.807, 2.05) is 30.3 Å². The molecule has 1 heterocycles. The smallest absolute Gasteiger partial charge is 0.156 e. The van der Waals surface area contributed by atoms with Gasteiger partial charge in [0.15, 0.2) is 5.78 Å². The summed E-state index contributed by atoms with van der Waals surface area (Å²) in [6.45, 7) is 8.86. The lowest BCUT2D eigenvalue weighted by atomic mass is 10.1. The molecule has 2 aromatic rings. The number of ketones is 1. The Kier molecular flexibility index (Phi) is 10.6. The first-order valence-electron chi connectivity index (χ1n) is 10.7. The number of ether oxygens (including phenoxy) is 1. The third-order valence-corrected chi connectivity index (χ3v) is 5.20. The molecular formula is C25H33ClN2O2. The second kappa shape index (κ2) is 13.2. The Morgan fingerprint density at radius 1 is 0.967 bits per heavy atom. The van der Waals surface area contributed by atoms with Crippen LogP contribution in [0.25, 0.3) is 6.08 Å². The van der Waals surface area contributed by atoms with Gasteiger partial charge in [-0.25, -0.2) is 0 Å². The molecule has 0 spiro atoms. The van der Waals surface area contributed by atoms with Gasteiger partial charge in [-0.05, 0) is 35.8 Å². The molecule has 2 aromatic carbocycles. The Balaban J connectivity index is 0.00000320. The first-order chi connectivity index (χ1) is 14.2. The van der Waals surface area contributed by atoms with Gasteiger partial charge in [-0.1, -0.05) is 55.5 Å². The molecule has 5 heteroatoms. The number of halogens is 1. The van der Waals surface area contributed by atoms with E-state index in [-0.39, 0.29) is 18.2 Å². The standard InChI is InChI=1S/C25H32N2O2.ClH/c1-2-20-29-25-12-9-22(10-13-25)8-11-24(28)14-15-26-16-18-27(19-17-26)21-23-6-4-3-5-7-23;/h3-13H,2,14-21H2,1H3;1H. The number of carbonyl (C=O) groups is 1. The van der Waals surface area contributed by atoms with Crippen molar-refractivity contribution in [3.8, 4) is 5.75 Å². The Morgan fingerprint density at radius 2 is 1.63 bits per heavy atom. The Hall–Kier alpha value is -2.14. The highest BCUT2D eigenvalue weighted by molar-refractivity contribution is 5.93. The van der Waals surface area contributed by atoms with Gasteiger partial charge in [-0.3, -0.25) is 9.69 Å². The van der Waals surface area contributed by atoms with Gasteiger partial charge in [-0.15, -0.1) is 12.4 Å². The molecule has 162 valence electrons. The van der Waals surface area contributed by atoms with Gasteiger partial charge in [-0.2, -0.15) is 0 Å². The third-order valence-electron chi connectivity index (χ3n) is 5.20. The van der Waals surface area contributed by atoms with Crippen LogP contribution in [-0.4, -0.2) is 54.9 Å². The number of carbonyl (C=O) groups excluding carboxylic acids is 1. The molecule has 1 aliphatic rings. The van der Waals surface area contributed by atoms with E-state index < -0.39 is 0 Å². The lowest BCUT2D eigenvalue weighted by molar-refractivity contribution is -0.114. The molecule has 3 rings (SSSR count). The van der Waals surface area contributed by atoms with Gasteiger partial charge < -0.3 is 9.64 Å². The molecule has 0 unspecified atom stereocenters. The van der Waals surface area contributed by atoms with Crippen molar-refractivity contribution >= 4 is 24.3 Å². The monoisotopic (exact) mass is 428 g/mol. The van der Waals surface area contributed by atoms with Crippen molar-refractivity contribution < 1.29 is 9.53 Å². The first kappa shape index (κ1) is 24.1. The van der Waals surface area contributed by atoms with Crippen molar-refractivity contribution in [1.82, 2.24) is 9.80 Å². The van der Waals surface area contributed by atoms with Crippen LogP contribution in [0.2, 0.25) is 0 Å². The van der Waals surface area contributed by atoms with Gasteiger partial charge in [0.2, 0.25) is 0 Å². The van der Waals surface area contributed by atoms with Crippen molar-refractivity contribution in [2.24, 2.45) is 0 Å². The second-order valence-corrected chi connectivity index (χ2v) is 7.57. The van der Waals surface area contributed by atoms with Crippen molar-refractivity contribution in [2.45, 2.75) is 26.3 Å². The summed E-state index contributed by atoms with van der Waals surface area (Å²) in [5.74, 6) is 1.06. The third kappa shape index (κ3) is 8.31. The second-order valence-electron chi connectivity index (χ2n) is 7.57. The minimum absolute atomic E-state index is 0. The zero-order valence-electron chi connectivity index (χ0n) is 17.8. The normalized spacial score (nSPS) is 15.1. The summed E-state index contributed by atoms with van der Waals surface area (Å²) in [7, 11) is 0. The van der Waals surface area contributed by atoms with Crippen LogP contribution in [-0.2, 0) is 11.3 Å². The van der Waals surface area contributed by atoms with E-state index in [0.29, 0.717) is 6.42 Å². The Labute approximate surface area is 186 Å². The highest BCUT2D eigenvalue weighted by atomic mass is 35.5. The molecule has 0 saturated carbocycles. The topological polar surface area (TPSA) is 32.8 Å². The van der Waals surface area contributed by atoms with E-state index in [9.17, 15) is 4.79 Å². The maximum atomic E-state index is 12.2. The fourth-order valence-corrected chi connectivity index (χ4v) is 3.45. The molecule has 1 aliphatic heterocycles. The number of benzene rings is 2. The number of hydrogen-bond acceptors (Lipinski definition) is 4. The van der Waals surface area contributed by atoms with Crippen LogP contribution in [0.5, 0.6) is 5.75 Å². The Morgan fingerprint density at radius 3 is 2.30 bits per heavy atom. The lowest BCUT2D eigenvalue weighted by Gasteiger charge is -2.34. The summed E-state index contributed by atoms with van der Waals surface area (Å²) in [6.07, 6.45) is 5.17. The Bertz CT molecular complexity index is 769. The minimum atomic E-state index is 0. The fraction of sp³-hybridized carbons (Fsp3) is 0.400. The van der Waals surface area contributed by atoms with E-state index in [2.05, 4.69) is 47.1 Å². The van der Waals surface area contributed by atoms with E-state index in [1.165, 1.54) is 5.56 Å². The zero-order valence-corrected chi connectivity index (χ0v) is 18.7. The van der Waals surface area contributed by atoms with Crippen LogP contribution >= 0.6 is 12.4 Å². The molecule has 0 radical (unpaired) electrons. The van der Waals surface area contributed by atoms with E-state index >= 15 is 0 Å². The van der Waals surface area contributed by atoms with Gasteiger partial charge >= 0.3 is 0 Å². The van der Waals surface area contributed by atoms with Crippen LogP contribution in [0, 0.1) is 0 Å². The van der Waals surface area contributed by atoms with Crippen molar-refractivity contribution in [3.05, 3.63) is 71.8 Å². The van der Waals surface area contributed by atoms with E-state index in [0.717, 1.165) is 63.6 Å². The maximum Gasteiger partial charge on any atom is 0.156 e. The fourth-order valence-electron chi connectivity index (χ4n) is 3.45. The van der Waals surface area contributed by atoms with E-state index in [1.54, 1.807) is 6.08 Å². The SMILES string of the molecule is CCCOc1ccc(C=CC(=O)CCN2CCN(Cc3ccccc3)CC2)cc1.Cl. The molecule has 0 aromatic heterocycles. The van der Waals surface area contributed by atoms with Crippen LogP contribution in [0.1, 0.15) is 30.9 Å². The molecular weight excluding hydrogens is 396 g/mol. The van der Waals surface area contributed by atoms with E-state index in [4.69, 9.17) is 4.74 Å². The van der Waals surface area contributed by atoms with Crippen LogP contribution < -0.4 is 4.74 Å². The quantitative estimate of drug-likeness (QED) is 0.514. The van der Waals surface area contributed by atoms with Crippen LogP contribution in [0.3, 0.4) is 0 Å². The predicted octanol–water partition coefficient (Wildman–Crippen LogP) is 4.69. The molecule has 0 bridgehead atoms. The molecule has 0 N–H and O–H groups in total. The number of rotatable bonds is 10. The summed E-state index contributed by atoms with van der Waals surface area (Å²) in [6, 6.07) is 18.5. The van der Waals surface area contributed by atoms with Crippen molar-refractivity contribution in [1.29, 1.82) is 0 Å². The molecule has 0 amide bonds. The highest BCUT2D eigenvalue weighted by Crippen LogP contribution is 2.14. The molecule has 0 atom stereocenters. The average molecular weight is 429 g/mol. The summed E-state index contributed by atoms with van der Waals surface area (Å²) in [4.78, 5) is 17.1. The lowest BCUT2D eigenvalue weighted by Crippen LogP contribution is -2.46. The first-order valence-corrected chi connectivity index (χ1v) is 10.7. The van der Waals surface area contributed by atoms with Gasteiger partial charge in [0.25, 0.3) is 0 Å². The van der Waals surface area contributed by atoms with Gasteiger partial charge in [0.1, 0.15) is 5.75 Å². The van der Waals surface area contributed by atoms with Gasteiger partial charge in [0, 0.05) is 45.7 Å². The summed E-state index contributed by atoms with van der Waals surface area (Å²) in [5, 5.41) is 0. The highest BCUT2D eigenvalue weighted by Gasteiger charge is 2.17. The van der Waals surface area contributed by atoms with Crippen LogP contribution in [0.4, 0.5) is 0 Å². The van der Waals surface area contributed by atoms with Crippen molar-refractivity contribution in [2.75, 3.05) is 39.3 Å². The van der Waals surface area contributed by atoms with Crippen molar-refractivity contribution in [3.63, 3.8) is 0 Å². The minimum Gasteiger partial charge on any atom is -0.494 e. The molecule has 0 aliphatic carbocycles. The molecule has 30 heavy (non-hydrogen) atoms. The summed E-state index contributed by atoms with van der Waals surface area (Å²) in [5.41, 5.74) is 2.39. The van der Waals surface area contributed by atoms with Crippen LogP contribution in [0.15, 0.2) is 60.7 Å². The number of allylic oxidation sites excluding steroid dienone is 1. The molecule has 4 nitrogen and oxygen atoms in total. The summed E-state index contributed by atoms with van der Waals surface area (Å²) >= 11 is 0. The number of nitrogens with zero attached hydrogens (tertiary/aromatic N) is 2. The average Bonchev–Trinajstić information content (AvgIpc) is 2.77. The number of hydrogen-bond donors (Lipinski definition) is 0. The van der Waals surface area contributed by atoms with Gasteiger partial charge in [0.05, 0.1) is 6.61 Å². The predicted molar refractivity (Wildman–Crippen MR) is 126 cm³/mol. The molecule has 1 saturated heterocycles. The summed E-state index contributed by atoms with van der Waals surface area (Å²) < 4.78 is 5.58. The molecule has 1 fully saturated rings. The number of piperazine rings is 1.